The van der Waals surface area contributed by atoms with Crippen molar-refractivity contribution < 1.29 is 19.1 Å². The van der Waals surface area contributed by atoms with E-state index < -0.39 is 0 Å². The molecule has 0 unspecified atom stereocenters. The van der Waals surface area contributed by atoms with Gasteiger partial charge in [-0.2, -0.15) is 0 Å². The third kappa shape index (κ3) is 8.62. The quantitative estimate of drug-likeness (QED) is 0.690. The number of nitrogens with zero attached hydrogens (tertiary/aromatic N) is 1. The van der Waals surface area contributed by atoms with Crippen LogP contribution in [0.1, 0.15) is 44.5 Å². The van der Waals surface area contributed by atoms with Gasteiger partial charge in [-0.1, -0.05) is 6.92 Å². The van der Waals surface area contributed by atoms with Gasteiger partial charge >= 0.3 is 5.97 Å². The van der Waals surface area contributed by atoms with Gasteiger partial charge in [0, 0.05) is 11.2 Å². The van der Waals surface area contributed by atoms with Crippen molar-refractivity contribution >= 4 is 23.5 Å². The van der Waals surface area contributed by atoms with Crippen LogP contribution < -0.4 is 10.6 Å². The third-order valence-corrected chi connectivity index (χ3v) is 3.18. The van der Waals surface area contributed by atoms with Gasteiger partial charge in [0.15, 0.2) is 0 Å². The molecule has 0 saturated carbocycles. The predicted octanol–water partition coefficient (Wildman–Crippen LogP) is 2.04. The fourth-order valence-corrected chi connectivity index (χ4v) is 2.17. The Balaban J connectivity index is 2.47. The van der Waals surface area contributed by atoms with Gasteiger partial charge in [-0.3, -0.25) is 14.5 Å². The van der Waals surface area contributed by atoms with Gasteiger partial charge in [-0.05, 0) is 58.5 Å². The standard InChI is InChI=1S/C19H29N3O4/c1-6-11-26-18(25)14-7-9-15(10-8-14)20-16(23)12-22(5)13-17(24)21-19(2,3)4/h7-10H,6,11-13H2,1-5H3,(H,20,23)(H,21,24). The minimum atomic E-state index is -0.380. The van der Waals surface area contributed by atoms with Crippen molar-refractivity contribution in [2.24, 2.45) is 0 Å². The maximum atomic E-state index is 12.1. The van der Waals surface area contributed by atoms with Crippen molar-refractivity contribution in [2.75, 3.05) is 32.1 Å². The molecule has 26 heavy (non-hydrogen) atoms. The zero-order chi connectivity index (χ0) is 19.7. The fourth-order valence-electron chi connectivity index (χ4n) is 2.17. The van der Waals surface area contributed by atoms with Crippen LogP contribution in [0.25, 0.3) is 0 Å². The molecule has 0 aromatic heterocycles. The van der Waals surface area contributed by atoms with E-state index in [-0.39, 0.29) is 36.4 Å². The number of carbonyl (C=O) groups excluding carboxylic acids is 3. The number of ether oxygens (including phenoxy) is 1. The van der Waals surface area contributed by atoms with Crippen LogP contribution in [0.5, 0.6) is 0 Å². The van der Waals surface area contributed by atoms with Crippen LogP contribution in [-0.2, 0) is 14.3 Å². The number of amides is 2. The summed E-state index contributed by atoms with van der Waals surface area (Å²) in [6, 6.07) is 6.50. The summed E-state index contributed by atoms with van der Waals surface area (Å²) in [6.45, 7) is 8.23. The van der Waals surface area contributed by atoms with Gasteiger partial charge in [0.05, 0.1) is 25.3 Å². The smallest absolute Gasteiger partial charge is 0.338 e. The Kier molecular flexibility index (Phi) is 8.25. The number of benzene rings is 1. The number of hydrogen-bond acceptors (Lipinski definition) is 5. The van der Waals surface area contributed by atoms with E-state index in [1.165, 1.54) is 0 Å². The first kappa shape index (κ1) is 21.6. The van der Waals surface area contributed by atoms with E-state index in [1.807, 2.05) is 27.7 Å². The lowest BCUT2D eigenvalue weighted by Crippen LogP contribution is -2.46. The first-order valence-corrected chi connectivity index (χ1v) is 8.67. The number of rotatable bonds is 8. The van der Waals surface area contributed by atoms with Crippen LogP contribution >= 0.6 is 0 Å². The maximum Gasteiger partial charge on any atom is 0.338 e. The summed E-state index contributed by atoms with van der Waals surface area (Å²) in [5.74, 6) is -0.755. The second-order valence-corrected chi connectivity index (χ2v) is 7.23. The lowest BCUT2D eigenvalue weighted by molar-refractivity contribution is -0.124. The molecule has 0 atom stereocenters. The van der Waals surface area contributed by atoms with Gasteiger partial charge in [0.25, 0.3) is 0 Å². The highest BCUT2D eigenvalue weighted by Gasteiger charge is 2.16. The van der Waals surface area contributed by atoms with E-state index in [0.29, 0.717) is 17.9 Å². The first-order valence-electron chi connectivity index (χ1n) is 8.67. The molecule has 0 spiro atoms. The zero-order valence-corrected chi connectivity index (χ0v) is 16.2. The SMILES string of the molecule is CCCOC(=O)c1ccc(NC(=O)CN(C)CC(=O)NC(C)(C)C)cc1. The van der Waals surface area contributed by atoms with Crippen LogP contribution in [-0.4, -0.2) is 55.0 Å². The number of esters is 1. The Morgan fingerprint density at radius 1 is 1.04 bits per heavy atom. The lowest BCUT2D eigenvalue weighted by Gasteiger charge is -2.23. The molecule has 2 amide bonds. The van der Waals surface area contributed by atoms with Crippen molar-refractivity contribution in [1.82, 2.24) is 10.2 Å². The molecule has 7 heteroatoms. The van der Waals surface area contributed by atoms with E-state index in [0.717, 1.165) is 6.42 Å². The number of likely N-dealkylation sites (N-methyl/N-ethyl adjacent to an activating group) is 1. The van der Waals surface area contributed by atoms with Crippen LogP contribution in [0.2, 0.25) is 0 Å². The van der Waals surface area contributed by atoms with Gasteiger partial charge < -0.3 is 15.4 Å². The van der Waals surface area contributed by atoms with E-state index in [2.05, 4.69) is 10.6 Å². The molecular weight excluding hydrogens is 334 g/mol. The summed E-state index contributed by atoms with van der Waals surface area (Å²) < 4.78 is 5.05. The topological polar surface area (TPSA) is 87.7 Å². The molecule has 0 aliphatic rings. The van der Waals surface area contributed by atoms with Gasteiger partial charge in [0.1, 0.15) is 0 Å². The number of hydrogen-bond donors (Lipinski definition) is 2. The molecule has 0 heterocycles. The number of nitrogens with one attached hydrogen (secondary N) is 2. The van der Waals surface area contributed by atoms with Crippen LogP contribution in [0, 0.1) is 0 Å². The second-order valence-electron chi connectivity index (χ2n) is 7.23. The monoisotopic (exact) mass is 363 g/mol. The van der Waals surface area contributed by atoms with E-state index >= 15 is 0 Å². The molecule has 2 N–H and O–H groups in total. The average molecular weight is 363 g/mol. The molecule has 1 aromatic rings. The summed E-state index contributed by atoms with van der Waals surface area (Å²) in [7, 11) is 1.70. The Morgan fingerprint density at radius 2 is 1.62 bits per heavy atom. The zero-order valence-electron chi connectivity index (χ0n) is 16.2. The third-order valence-electron chi connectivity index (χ3n) is 3.18. The highest BCUT2D eigenvalue weighted by molar-refractivity contribution is 5.94. The van der Waals surface area contributed by atoms with E-state index in [4.69, 9.17) is 4.74 Å². The summed E-state index contributed by atoms with van der Waals surface area (Å²) in [5.41, 5.74) is 0.710. The van der Waals surface area contributed by atoms with Gasteiger partial charge in [-0.25, -0.2) is 4.79 Å². The largest absolute Gasteiger partial charge is 0.462 e. The second kappa shape index (κ2) is 9.91. The summed E-state index contributed by atoms with van der Waals surface area (Å²) in [6.07, 6.45) is 0.765. The highest BCUT2D eigenvalue weighted by Crippen LogP contribution is 2.11. The molecular formula is C19H29N3O4. The van der Waals surface area contributed by atoms with Crippen molar-refractivity contribution in [3.05, 3.63) is 29.8 Å². The average Bonchev–Trinajstić information content (AvgIpc) is 2.50. The Hall–Kier alpha value is -2.41. The molecule has 0 saturated heterocycles. The van der Waals surface area contributed by atoms with Crippen LogP contribution in [0.15, 0.2) is 24.3 Å². The Morgan fingerprint density at radius 3 is 2.15 bits per heavy atom. The first-order chi connectivity index (χ1) is 12.1. The van der Waals surface area contributed by atoms with Gasteiger partial charge in [-0.15, -0.1) is 0 Å². The fraction of sp³-hybridized carbons (Fsp3) is 0.526. The van der Waals surface area contributed by atoms with E-state index in [1.54, 1.807) is 36.2 Å². The molecule has 0 aliphatic heterocycles. The van der Waals surface area contributed by atoms with Crippen molar-refractivity contribution in [2.45, 2.75) is 39.7 Å². The summed E-state index contributed by atoms with van der Waals surface area (Å²) in [5, 5.41) is 5.59. The molecule has 0 fully saturated rings. The van der Waals surface area contributed by atoms with Crippen molar-refractivity contribution in [1.29, 1.82) is 0 Å². The lowest BCUT2D eigenvalue weighted by atomic mass is 10.1. The Bertz CT molecular complexity index is 621. The molecule has 7 nitrogen and oxygen atoms in total. The summed E-state index contributed by atoms with van der Waals surface area (Å²) in [4.78, 5) is 37.3. The van der Waals surface area contributed by atoms with Gasteiger partial charge in [0.2, 0.25) is 11.8 Å². The van der Waals surface area contributed by atoms with Crippen molar-refractivity contribution in [3.8, 4) is 0 Å². The Labute approximate surface area is 155 Å². The molecule has 1 rings (SSSR count). The van der Waals surface area contributed by atoms with Crippen molar-refractivity contribution in [3.63, 3.8) is 0 Å². The minimum Gasteiger partial charge on any atom is -0.462 e. The maximum absolute atomic E-state index is 12.1. The summed E-state index contributed by atoms with van der Waals surface area (Å²) >= 11 is 0. The van der Waals surface area contributed by atoms with Crippen LogP contribution in [0.3, 0.4) is 0 Å². The number of anilines is 1. The molecule has 144 valence electrons. The minimum absolute atomic E-state index is 0.0812. The molecule has 1 aromatic carbocycles. The van der Waals surface area contributed by atoms with Crippen LogP contribution in [0.4, 0.5) is 5.69 Å². The highest BCUT2D eigenvalue weighted by atomic mass is 16.5. The molecule has 0 bridgehead atoms. The molecule has 0 aliphatic carbocycles. The predicted molar refractivity (Wildman–Crippen MR) is 101 cm³/mol. The number of carbonyl (C=O) groups is 3. The van der Waals surface area contributed by atoms with E-state index in [9.17, 15) is 14.4 Å². The normalized spacial score (nSPS) is 11.2. The molecule has 0 radical (unpaired) electrons.